The Morgan fingerprint density at radius 3 is 2.83 bits per heavy atom. The van der Waals surface area contributed by atoms with Crippen molar-refractivity contribution in [2.75, 3.05) is 18.9 Å². The Morgan fingerprint density at radius 1 is 1.35 bits per heavy atom. The fourth-order valence-corrected chi connectivity index (χ4v) is 4.48. The predicted octanol–water partition coefficient (Wildman–Crippen LogP) is 4.57. The van der Waals surface area contributed by atoms with Gasteiger partial charge in [0.05, 0.1) is 4.47 Å². The molecule has 23 heavy (non-hydrogen) atoms. The third kappa shape index (κ3) is 6.76. The molecule has 5 heteroatoms. The van der Waals surface area contributed by atoms with Crippen LogP contribution in [-0.2, 0) is 11.2 Å². The SMILES string of the molecule is CCc1ccc(OCC(=O)NCCSC2CCCCC2)c(Br)c1. The van der Waals surface area contributed by atoms with E-state index in [1.807, 2.05) is 30.0 Å². The second-order valence-electron chi connectivity index (χ2n) is 5.89. The molecule has 1 N–H and O–H groups in total. The molecule has 0 saturated heterocycles. The van der Waals surface area contributed by atoms with Crippen LogP contribution in [0.4, 0.5) is 0 Å². The van der Waals surface area contributed by atoms with Crippen LogP contribution in [0.15, 0.2) is 22.7 Å². The predicted molar refractivity (Wildman–Crippen MR) is 101 cm³/mol. The van der Waals surface area contributed by atoms with Gasteiger partial charge in [-0.05, 0) is 52.9 Å². The fourth-order valence-electron chi connectivity index (χ4n) is 2.72. The second-order valence-corrected chi connectivity index (χ2v) is 8.15. The minimum absolute atomic E-state index is 0.0549. The van der Waals surface area contributed by atoms with Crippen molar-refractivity contribution in [1.82, 2.24) is 5.32 Å². The van der Waals surface area contributed by atoms with Crippen LogP contribution in [0.25, 0.3) is 0 Å². The monoisotopic (exact) mass is 399 g/mol. The van der Waals surface area contributed by atoms with Crippen LogP contribution in [0, 0.1) is 0 Å². The number of benzene rings is 1. The summed E-state index contributed by atoms with van der Waals surface area (Å²) in [6.07, 6.45) is 7.78. The zero-order valence-corrected chi connectivity index (χ0v) is 16.2. The number of ether oxygens (including phenoxy) is 1. The van der Waals surface area contributed by atoms with Crippen molar-refractivity contribution in [2.45, 2.75) is 50.7 Å². The minimum Gasteiger partial charge on any atom is -0.483 e. The number of thioether (sulfide) groups is 1. The lowest BCUT2D eigenvalue weighted by Gasteiger charge is -2.20. The van der Waals surface area contributed by atoms with Gasteiger partial charge in [-0.1, -0.05) is 32.3 Å². The molecule has 0 radical (unpaired) electrons. The quantitative estimate of drug-likeness (QED) is 0.650. The van der Waals surface area contributed by atoms with Crippen molar-refractivity contribution in [3.05, 3.63) is 28.2 Å². The van der Waals surface area contributed by atoms with E-state index in [1.165, 1.54) is 37.7 Å². The number of rotatable bonds is 8. The molecule has 0 heterocycles. The molecular weight excluding hydrogens is 374 g/mol. The zero-order chi connectivity index (χ0) is 16.5. The summed E-state index contributed by atoms with van der Waals surface area (Å²) in [5, 5.41) is 3.73. The standard InChI is InChI=1S/C18H26BrNO2S/c1-2-14-8-9-17(16(19)12-14)22-13-18(21)20-10-11-23-15-6-4-3-5-7-15/h8-9,12,15H,2-7,10-11,13H2,1H3,(H,20,21). The number of nitrogens with one attached hydrogen (secondary N) is 1. The van der Waals surface area contributed by atoms with E-state index >= 15 is 0 Å². The molecule has 3 nitrogen and oxygen atoms in total. The molecule has 128 valence electrons. The van der Waals surface area contributed by atoms with Crippen LogP contribution in [0.5, 0.6) is 5.75 Å². The summed E-state index contributed by atoms with van der Waals surface area (Å²) in [5.74, 6) is 1.65. The average Bonchev–Trinajstić information content (AvgIpc) is 2.58. The molecule has 0 unspecified atom stereocenters. The summed E-state index contributed by atoms with van der Waals surface area (Å²) in [7, 11) is 0. The van der Waals surface area contributed by atoms with E-state index in [2.05, 4.69) is 28.2 Å². The first-order valence-corrected chi connectivity index (χ1v) is 10.3. The van der Waals surface area contributed by atoms with Crippen LogP contribution < -0.4 is 10.1 Å². The number of amides is 1. The van der Waals surface area contributed by atoms with Gasteiger partial charge < -0.3 is 10.1 Å². The van der Waals surface area contributed by atoms with Crippen LogP contribution in [0.2, 0.25) is 0 Å². The molecule has 1 amide bonds. The molecular formula is C18H26BrNO2S. The lowest BCUT2D eigenvalue weighted by Crippen LogP contribution is -2.31. The first-order valence-electron chi connectivity index (χ1n) is 8.48. The van der Waals surface area contributed by atoms with Gasteiger partial charge in [-0.3, -0.25) is 4.79 Å². The smallest absolute Gasteiger partial charge is 0.257 e. The molecule has 1 fully saturated rings. The summed E-state index contributed by atoms with van der Waals surface area (Å²) < 4.78 is 6.48. The summed E-state index contributed by atoms with van der Waals surface area (Å²) in [4.78, 5) is 11.8. The van der Waals surface area contributed by atoms with Gasteiger partial charge in [-0.15, -0.1) is 0 Å². The molecule has 1 aliphatic carbocycles. The maximum Gasteiger partial charge on any atom is 0.257 e. The first-order chi connectivity index (χ1) is 11.2. The minimum atomic E-state index is -0.0549. The van der Waals surface area contributed by atoms with Crippen molar-refractivity contribution in [3.8, 4) is 5.75 Å². The maximum absolute atomic E-state index is 11.8. The normalized spacial score (nSPS) is 15.4. The van der Waals surface area contributed by atoms with Crippen LogP contribution in [-0.4, -0.2) is 30.1 Å². The Kier molecular flexibility index (Phi) is 8.31. The van der Waals surface area contributed by atoms with E-state index < -0.39 is 0 Å². The maximum atomic E-state index is 11.8. The van der Waals surface area contributed by atoms with E-state index in [4.69, 9.17) is 4.74 Å². The highest BCUT2D eigenvalue weighted by Crippen LogP contribution is 2.28. The Balaban J connectivity index is 1.61. The highest BCUT2D eigenvalue weighted by atomic mass is 79.9. The van der Waals surface area contributed by atoms with Gasteiger partial charge in [-0.25, -0.2) is 0 Å². The Labute approximate surface area is 152 Å². The topological polar surface area (TPSA) is 38.3 Å². The van der Waals surface area contributed by atoms with Crippen molar-refractivity contribution in [1.29, 1.82) is 0 Å². The largest absolute Gasteiger partial charge is 0.483 e. The molecule has 1 aromatic carbocycles. The van der Waals surface area contributed by atoms with Gasteiger partial charge in [-0.2, -0.15) is 11.8 Å². The van der Waals surface area contributed by atoms with Crippen molar-refractivity contribution >= 4 is 33.6 Å². The van der Waals surface area contributed by atoms with Crippen LogP contribution >= 0.6 is 27.7 Å². The van der Waals surface area contributed by atoms with Crippen LogP contribution in [0.3, 0.4) is 0 Å². The number of hydrogen-bond acceptors (Lipinski definition) is 3. The summed E-state index contributed by atoms with van der Waals surface area (Å²) in [5.41, 5.74) is 1.24. The van der Waals surface area contributed by atoms with E-state index in [0.29, 0.717) is 5.75 Å². The third-order valence-corrected chi connectivity index (χ3v) is 6.10. The van der Waals surface area contributed by atoms with E-state index in [-0.39, 0.29) is 12.5 Å². The van der Waals surface area contributed by atoms with Crippen molar-refractivity contribution in [2.24, 2.45) is 0 Å². The lowest BCUT2D eigenvalue weighted by atomic mass is 10.0. The summed E-state index contributed by atoms with van der Waals surface area (Å²) in [6.45, 7) is 2.90. The number of carbonyl (C=O) groups is 1. The number of hydrogen-bond donors (Lipinski definition) is 1. The van der Waals surface area contributed by atoms with Gasteiger partial charge in [0, 0.05) is 17.5 Å². The summed E-state index contributed by atoms with van der Waals surface area (Å²) in [6, 6.07) is 5.97. The molecule has 0 bridgehead atoms. The van der Waals surface area contributed by atoms with Crippen molar-refractivity contribution < 1.29 is 9.53 Å². The van der Waals surface area contributed by atoms with E-state index in [1.54, 1.807) is 0 Å². The van der Waals surface area contributed by atoms with Gasteiger partial charge in [0.25, 0.3) is 5.91 Å². The van der Waals surface area contributed by atoms with Gasteiger partial charge in [0.1, 0.15) is 5.75 Å². The Morgan fingerprint density at radius 2 is 2.13 bits per heavy atom. The molecule has 1 saturated carbocycles. The van der Waals surface area contributed by atoms with Crippen molar-refractivity contribution in [3.63, 3.8) is 0 Å². The van der Waals surface area contributed by atoms with Crippen LogP contribution in [0.1, 0.15) is 44.6 Å². The molecule has 0 atom stereocenters. The molecule has 0 spiro atoms. The zero-order valence-electron chi connectivity index (χ0n) is 13.8. The molecule has 0 aliphatic heterocycles. The van der Waals surface area contributed by atoms with Gasteiger partial charge >= 0.3 is 0 Å². The average molecular weight is 400 g/mol. The van der Waals surface area contributed by atoms with E-state index in [0.717, 1.165) is 28.4 Å². The first kappa shape index (κ1) is 18.7. The third-order valence-electron chi connectivity index (χ3n) is 4.09. The highest BCUT2D eigenvalue weighted by Gasteiger charge is 2.13. The lowest BCUT2D eigenvalue weighted by molar-refractivity contribution is -0.122. The molecule has 2 rings (SSSR count). The van der Waals surface area contributed by atoms with Gasteiger partial charge in [0.2, 0.25) is 0 Å². The van der Waals surface area contributed by atoms with E-state index in [9.17, 15) is 4.79 Å². The summed E-state index contributed by atoms with van der Waals surface area (Å²) >= 11 is 5.48. The molecule has 1 aromatic rings. The second kappa shape index (κ2) is 10.2. The molecule has 0 aromatic heterocycles. The number of halogens is 1. The number of carbonyl (C=O) groups excluding carboxylic acids is 1. The Hall–Kier alpha value is -0.680. The Bertz CT molecular complexity index is 504. The highest BCUT2D eigenvalue weighted by molar-refractivity contribution is 9.10. The fraction of sp³-hybridized carbons (Fsp3) is 0.611. The molecule has 1 aliphatic rings. The number of aryl methyl sites for hydroxylation is 1. The van der Waals surface area contributed by atoms with Gasteiger partial charge in [0.15, 0.2) is 6.61 Å².